The lowest BCUT2D eigenvalue weighted by molar-refractivity contribution is 0.356. The summed E-state index contributed by atoms with van der Waals surface area (Å²) in [5, 5.41) is 11.7. The summed E-state index contributed by atoms with van der Waals surface area (Å²) in [6.45, 7) is 1.96. The minimum Gasteiger partial charge on any atom is -0.508 e. The van der Waals surface area contributed by atoms with Crippen molar-refractivity contribution in [2.45, 2.75) is 6.92 Å². The highest BCUT2D eigenvalue weighted by Crippen LogP contribution is 2.35. The number of aromatic hydroxyl groups is 1. The fourth-order valence-electron chi connectivity index (χ4n) is 2.56. The normalized spacial score (nSPS) is 10.7. The van der Waals surface area contributed by atoms with Gasteiger partial charge in [0.05, 0.1) is 19.9 Å². The molecule has 0 saturated carbocycles. The van der Waals surface area contributed by atoms with Crippen LogP contribution in [0.2, 0.25) is 0 Å². The van der Waals surface area contributed by atoms with Gasteiger partial charge >= 0.3 is 0 Å². The smallest absolute Gasteiger partial charge is 0.161 e. The van der Waals surface area contributed by atoms with Gasteiger partial charge in [0.1, 0.15) is 5.75 Å². The number of aromatic nitrogens is 1. The Bertz CT molecular complexity index is 843. The van der Waals surface area contributed by atoms with Crippen molar-refractivity contribution >= 4 is 10.8 Å². The van der Waals surface area contributed by atoms with Crippen LogP contribution in [0.15, 0.2) is 42.5 Å². The van der Waals surface area contributed by atoms with Crippen LogP contribution >= 0.6 is 0 Å². The van der Waals surface area contributed by atoms with Crippen LogP contribution in [0.5, 0.6) is 17.2 Å². The molecule has 3 rings (SSSR count). The van der Waals surface area contributed by atoms with Gasteiger partial charge in [-0.1, -0.05) is 12.1 Å². The average Bonchev–Trinajstić information content (AvgIpc) is 2.53. The predicted molar refractivity (Wildman–Crippen MR) is 86.7 cm³/mol. The molecule has 1 aromatic heterocycles. The standard InChI is InChI=1S/C18H17NO3/c1-11-15-10-18(22-3)17(21-2)9-13(15)8-16(19-11)12-5-4-6-14(20)7-12/h4-10,20H,1-3H3. The molecule has 3 aromatic rings. The maximum Gasteiger partial charge on any atom is 0.161 e. The van der Waals surface area contributed by atoms with Gasteiger partial charge < -0.3 is 14.6 Å². The number of hydrogen-bond donors (Lipinski definition) is 1. The van der Waals surface area contributed by atoms with E-state index in [9.17, 15) is 5.11 Å². The van der Waals surface area contributed by atoms with Gasteiger partial charge in [-0.2, -0.15) is 0 Å². The van der Waals surface area contributed by atoms with E-state index >= 15 is 0 Å². The molecule has 0 bridgehead atoms. The Morgan fingerprint density at radius 1 is 0.955 bits per heavy atom. The van der Waals surface area contributed by atoms with Crippen molar-refractivity contribution in [1.29, 1.82) is 0 Å². The first-order valence-corrected chi connectivity index (χ1v) is 6.95. The SMILES string of the molecule is COc1cc2cc(-c3cccc(O)c3)nc(C)c2cc1OC. The summed E-state index contributed by atoms with van der Waals surface area (Å²) in [6, 6.07) is 12.9. The quantitative estimate of drug-likeness (QED) is 0.795. The van der Waals surface area contributed by atoms with Crippen molar-refractivity contribution in [1.82, 2.24) is 4.98 Å². The van der Waals surface area contributed by atoms with Crippen molar-refractivity contribution in [2.75, 3.05) is 14.2 Å². The third-order valence-electron chi connectivity index (χ3n) is 3.67. The minimum absolute atomic E-state index is 0.226. The fourth-order valence-corrected chi connectivity index (χ4v) is 2.56. The summed E-state index contributed by atoms with van der Waals surface area (Å²) in [4.78, 5) is 4.64. The van der Waals surface area contributed by atoms with E-state index in [0.29, 0.717) is 11.5 Å². The molecule has 0 aliphatic heterocycles. The van der Waals surface area contributed by atoms with Gasteiger partial charge in [-0.15, -0.1) is 0 Å². The van der Waals surface area contributed by atoms with E-state index in [1.807, 2.05) is 31.2 Å². The Morgan fingerprint density at radius 2 is 1.68 bits per heavy atom. The lowest BCUT2D eigenvalue weighted by atomic mass is 10.0. The number of phenolic OH excluding ortho intramolecular Hbond substituents is 1. The molecule has 0 radical (unpaired) electrons. The van der Waals surface area contributed by atoms with E-state index in [1.54, 1.807) is 32.4 Å². The van der Waals surface area contributed by atoms with E-state index < -0.39 is 0 Å². The molecule has 0 saturated heterocycles. The van der Waals surface area contributed by atoms with Crippen LogP contribution < -0.4 is 9.47 Å². The highest BCUT2D eigenvalue weighted by Gasteiger charge is 2.11. The van der Waals surface area contributed by atoms with E-state index in [0.717, 1.165) is 27.7 Å². The van der Waals surface area contributed by atoms with Crippen molar-refractivity contribution in [3.05, 3.63) is 48.2 Å². The molecule has 0 unspecified atom stereocenters. The minimum atomic E-state index is 0.226. The number of ether oxygens (including phenoxy) is 2. The molecule has 0 aliphatic rings. The number of nitrogens with zero attached hydrogens (tertiary/aromatic N) is 1. The van der Waals surface area contributed by atoms with Gasteiger partial charge in [0.25, 0.3) is 0 Å². The number of phenols is 1. The third kappa shape index (κ3) is 2.44. The van der Waals surface area contributed by atoms with Crippen LogP contribution in [0, 0.1) is 6.92 Å². The highest BCUT2D eigenvalue weighted by atomic mass is 16.5. The fraction of sp³-hybridized carbons (Fsp3) is 0.167. The molecule has 0 spiro atoms. The first-order chi connectivity index (χ1) is 10.6. The van der Waals surface area contributed by atoms with Crippen molar-refractivity contribution in [3.8, 4) is 28.5 Å². The van der Waals surface area contributed by atoms with Crippen LogP contribution in [-0.2, 0) is 0 Å². The first-order valence-electron chi connectivity index (χ1n) is 6.95. The number of methoxy groups -OCH3 is 2. The molecular weight excluding hydrogens is 278 g/mol. The summed E-state index contributed by atoms with van der Waals surface area (Å²) in [5.74, 6) is 1.59. The molecule has 112 valence electrons. The molecule has 0 fully saturated rings. The molecule has 1 N–H and O–H groups in total. The zero-order valence-electron chi connectivity index (χ0n) is 12.8. The Kier molecular flexibility index (Phi) is 3.59. The molecule has 0 amide bonds. The number of aryl methyl sites for hydroxylation is 1. The van der Waals surface area contributed by atoms with Crippen LogP contribution in [0.25, 0.3) is 22.0 Å². The van der Waals surface area contributed by atoms with Crippen molar-refractivity contribution in [3.63, 3.8) is 0 Å². The second-order valence-corrected chi connectivity index (χ2v) is 5.07. The second kappa shape index (κ2) is 5.56. The predicted octanol–water partition coefficient (Wildman–Crippen LogP) is 3.93. The molecule has 1 heterocycles. The van der Waals surface area contributed by atoms with Gasteiger partial charge in [-0.3, -0.25) is 4.98 Å². The number of rotatable bonds is 3. The molecule has 0 aliphatic carbocycles. The molecule has 22 heavy (non-hydrogen) atoms. The molecule has 0 atom stereocenters. The molecule has 2 aromatic carbocycles. The summed E-state index contributed by atoms with van der Waals surface area (Å²) < 4.78 is 10.7. The highest BCUT2D eigenvalue weighted by molar-refractivity contribution is 5.90. The van der Waals surface area contributed by atoms with Crippen LogP contribution in [-0.4, -0.2) is 24.3 Å². The van der Waals surface area contributed by atoms with Crippen molar-refractivity contribution in [2.24, 2.45) is 0 Å². The summed E-state index contributed by atoms with van der Waals surface area (Å²) in [5.41, 5.74) is 2.59. The number of hydrogen-bond acceptors (Lipinski definition) is 4. The Morgan fingerprint density at radius 3 is 2.36 bits per heavy atom. The van der Waals surface area contributed by atoms with Crippen molar-refractivity contribution < 1.29 is 14.6 Å². The molecule has 4 nitrogen and oxygen atoms in total. The maximum absolute atomic E-state index is 9.64. The maximum atomic E-state index is 9.64. The number of fused-ring (bicyclic) bond motifs is 1. The van der Waals surface area contributed by atoms with Gasteiger partial charge in [0.2, 0.25) is 0 Å². The Balaban J connectivity index is 2.23. The Labute approximate surface area is 129 Å². The van der Waals surface area contributed by atoms with Gasteiger partial charge in [0, 0.05) is 16.6 Å². The lowest BCUT2D eigenvalue weighted by Gasteiger charge is -2.12. The molecular formula is C18H17NO3. The van der Waals surface area contributed by atoms with Crippen LogP contribution in [0.1, 0.15) is 5.69 Å². The first kappa shape index (κ1) is 14.2. The van der Waals surface area contributed by atoms with Crippen LogP contribution in [0.3, 0.4) is 0 Å². The zero-order chi connectivity index (χ0) is 15.7. The summed E-state index contributed by atoms with van der Waals surface area (Å²) in [7, 11) is 3.24. The summed E-state index contributed by atoms with van der Waals surface area (Å²) >= 11 is 0. The van der Waals surface area contributed by atoms with E-state index in [4.69, 9.17) is 9.47 Å². The van der Waals surface area contributed by atoms with Gasteiger partial charge in [-0.25, -0.2) is 0 Å². The third-order valence-corrected chi connectivity index (χ3v) is 3.67. The largest absolute Gasteiger partial charge is 0.508 e. The van der Waals surface area contributed by atoms with E-state index in [-0.39, 0.29) is 5.75 Å². The Hall–Kier alpha value is -2.75. The monoisotopic (exact) mass is 295 g/mol. The molecule has 4 heteroatoms. The van der Waals surface area contributed by atoms with E-state index in [2.05, 4.69) is 4.98 Å². The number of benzene rings is 2. The lowest BCUT2D eigenvalue weighted by Crippen LogP contribution is -1.94. The zero-order valence-corrected chi connectivity index (χ0v) is 12.8. The van der Waals surface area contributed by atoms with Crippen LogP contribution in [0.4, 0.5) is 0 Å². The van der Waals surface area contributed by atoms with E-state index in [1.165, 1.54) is 0 Å². The number of pyridine rings is 1. The topological polar surface area (TPSA) is 51.6 Å². The summed E-state index contributed by atoms with van der Waals surface area (Å²) in [6.07, 6.45) is 0. The average molecular weight is 295 g/mol. The van der Waals surface area contributed by atoms with Gasteiger partial charge in [-0.05, 0) is 42.6 Å². The second-order valence-electron chi connectivity index (χ2n) is 5.07. The van der Waals surface area contributed by atoms with Gasteiger partial charge in [0.15, 0.2) is 11.5 Å².